The first kappa shape index (κ1) is 20.6. The van der Waals surface area contributed by atoms with E-state index in [1.165, 1.54) is 12.3 Å². The van der Waals surface area contributed by atoms with Crippen LogP contribution in [0, 0.1) is 23.3 Å². The zero-order chi connectivity index (χ0) is 22.1. The molecule has 2 heterocycles. The molecule has 4 aromatic rings. The predicted octanol–water partition coefficient (Wildman–Crippen LogP) is 3.40. The van der Waals surface area contributed by atoms with Crippen molar-refractivity contribution in [2.24, 2.45) is 0 Å². The molecule has 0 aliphatic carbocycles. The average molecular weight is 449 g/mol. The van der Waals surface area contributed by atoms with Gasteiger partial charge in [-0.2, -0.15) is 5.10 Å². The summed E-state index contributed by atoms with van der Waals surface area (Å²) in [5.41, 5.74) is -0.706. The summed E-state index contributed by atoms with van der Waals surface area (Å²) in [4.78, 5) is 29.3. The third-order valence-corrected chi connectivity index (χ3v) is 5.09. The van der Waals surface area contributed by atoms with E-state index >= 15 is 0 Å². The van der Waals surface area contributed by atoms with Crippen LogP contribution in [-0.4, -0.2) is 31.4 Å². The smallest absolute Gasteiger partial charge is 0.269 e. The van der Waals surface area contributed by atoms with Gasteiger partial charge in [0.2, 0.25) is 5.91 Å². The fourth-order valence-electron chi connectivity index (χ4n) is 2.73. The van der Waals surface area contributed by atoms with E-state index in [0.717, 1.165) is 40.6 Å². The molecule has 2 aromatic carbocycles. The summed E-state index contributed by atoms with van der Waals surface area (Å²) >= 11 is 0.800. The number of thioether (sulfide) groups is 1. The number of H-pyrrole nitrogens is 1. The molecule has 12 heteroatoms. The molecule has 1 amide bonds. The molecule has 158 valence electrons. The number of anilines is 1. The number of amides is 1. The van der Waals surface area contributed by atoms with Gasteiger partial charge in [-0.1, -0.05) is 11.8 Å². The van der Waals surface area contributed by atoms with E-state index in [9.17, 15) is 27.2 Å². The van der Waals surface area contributed by atoms with Gasteiger partial charge in [0, 0.05) is 12.1 Å². The Balaban J connectivity index is 1.65. The molecule has 4 rings (SSSR count). The zero-order valence-electron chi connectivity index (χ0n) is 15.3. The Morgan fingerprint density at radius 1 is 1.06 bits per heavy atom. The molecule has 7 nitrogen and oxygen atoms in total. The number of aromatic amines is 1. The molecular formula is C19H11F4N5O2S. The third kappa shape index (κ3) is 4.14. The Bertz CT molecular complexity index is 1370. The van der Waals surface area contributed by atoms with Crippen LogP contribution in [0.4, 0.5) is 23.2 Å². The van der Waals surface area contributed by atoms with Crippen molar-refractivity contribution >= 4 is 34.4 Å². The first-order chi connectivity index (χ1) is 14.8. The molecule has 0 fully saturated rings. The third-order valence-electron chi connectivity index (χ3n) is 4.15. The number of benzene rings is 2. The highest BCUT2D eigenvalue weighted by molar-refractivity contribution is 7.99. The second-order valence-corrected chi connectivity index (χ2v) is 7.17. The fourth-order valence-corrected chi connectivity index (χ4v) is 3.54. The average Bonchev–Trinajstić information content (AvgIpc) is 3.20. The molecular weight excluding hydrogens is 438 g/mol. The maximum atomic E-state index is 13.7. The van der Waals surface area contributed by atoms with E-state index < -0.39 is 34.7 Å². The molecule has 0 saturated heterocycles. The lowest BCUT2D eigenvalue weighted by atomic mass is 10.3. The quantitative estimate of drug-likeness (QED) is 0.277. The van der Waals surface area contributed by atoms with E-state index in [1.807, 2.05) is 0 Å². The van der Waals surface area contributed by atoms with Gasteiger partial charge >= 0.3 is 0 Å². The van der Waals surface area contributed by atoms with E-state index in [1.54, 1.807) is 0 Å². The molecule has 0 bridgehead atoms. The van der Waals surface area contributed by atoms with E-state index in [2.05, 4.69) is 20.5 Å². The molecule has 31 heavy (non-hydrogen) atoms. The van der Waals surface area contributed by atoms with Crippen molar-refractivity contribution in [1.82, 2.24) is 19.7 Å². The maximum absolute atomic E-state index is 13.7. The Morgan fingerprint density at radius 2 is 1.87 bits per heavy atom. The number of aromatic nitrogens is 4. The zero-order valence-corrected chi connectivity index (χ0v) is 16.1. The standard InChI is InChI=1S/C19H11F4N5O2S/c20-9-1-4-15(14(23)5-9)25-16(29)8-31-19-26-17-11(7-24-27-17)18(30)28(19)10-2-3-12(21)13(22)6-10/h1-7H,8H2,(H,24,27)(H,25,29). The van der Waals surface area contributed by atoms with Gasteiger partial charge in [-0.05, 0) is 24.3 Å². The number of hydrogen-bond donors (Lipinski definition) is 2. The number of carbonyl (C=O) groups is 1. The van der Waals surface area contributed by atoms with Crippen molar-refractivity contribution in [3.8, 4) is 5.69 Å². The summed E-state index contributed by atoms with van der Waals surface area (Å²) in [6, 6.07) is 5.54. The van der Waals surface area contributed by atoms with Crippen LogP contribution in [0.25, 0.3) is 16.7 Å². The predicted molar refractivity (Wildman–Crippen MR) is 105 cm³/mol. The number of hydrogen-bond acceptors (Lipinski definition) is 5. The van der Waals surface area contributed by atoms with Crippen LogP contribution in [0.15, 0.2) is 52.5 Å². The summed E-state index contributed by atoms with van der Waals surface area (Å²) in [7, 11) is 0. The molecule has 0 saturated carbocycles. The van der Waals surface area contributed by atoms with Gasteiger partial charge in [-0.3, -0.25) is 19.3 Å². The SMILES string of the molecule is O=C(CSc1nc2[nH]ncc2c(=O)n1-c1ccc(F)c(F)c1)Nc1ccc(F)cc1F. The second-order valence-electron chi connectivity index (χ2n) is 6.23. The fraction of sp³-hybridized carbons (Fsp3) is 0.0526. The van der Waals surface area contributed by atoms with Crippen LogP contribution in [0.2, 0.25) is 0 Å². The van der Waals surface area contributed by atoms with Crippen molar-refractivity contribution in [2.45, 2.75) is 5.16 Å². The molecule has 0 unspecified atom stereocenters. The summed E-state index contributed by atoms with van der Waals surface area (Å²) in [6.45, 7) is 0. The molecule has 2 N–H and O–H groups in total. The molecule has 2 aromatic heterocycles. The number of nitrogens with one attached hydrogen (secondary N) is 2. The van der Waals surface area contributed by atoms with E-state index in [4.69, 9.17) is 0 Å². The van der Waals surface area contributed by atoms with Crippen molar-refractivity contribution in [3.63, 3.8) is 0 Å². The van der Waals surface area contributed by atoms with Crippen LogP contribution in [0.1, 0.15) is 0 Å². The van der Waals surface area contributed by atoms with Crippen LogP contribution in [0.5, 0.6) is 0 Å². The number of carbonyl (C=O) groups excluding carboxylic acids is 1. The van der Waals surface area contributed by atoms with Gasteiger partial charge in [0.15, 0.2) is 22.4 Å². The number of fused-ring (bicyclic) bond motifs is 1. The summed E-state index contributed by atoms with van der Waals surface area (Å²) in [5, 5.41) is 8.65. The van der Waals surface area contributed by atoms with E-state index in [0.29, 0.717) is 6.07 Å². The minimum atomic E-state index is -1.17. The van der Waals surface area contributed by atoms with Crippen molar-refractivity contribution in [2.75, 3.05) is 11.1 Å². The van der Waals surface area contributed by atoms with E-state index in [-0.39, 0.29) is 33.3 Å². The highest BCUT2D eigenvalue weighted by Gasteiger charge is 2.18. The monoisotopic (exact) mass is 449 g/mol. The summed E-state index contributed by atoms with van der Waals surface area (Å²) in [6.07, 6.45) is 1.24. The number of rotatable bonds is 5. The van der Waals surface area contributed by atoms with Gasteiger partial charge in [0.05, 0.1) is 23.3 Å². The number of halogens is 4. The van der Waals surface area contributed by atoms with Gasteiger partial charge < -0.3 is 5.32 Å². The minimum Gasteiger partial charge on any atom is -0.323 e. The lowest BCUT2D eigenvalue weighted by Crippen LogP contribution is -2.23. The summed E-state index contributed by atoms with van der Waals surface area (Å²) < 4.78 is 54.8. The molecule has 0 aliphatic heterocycles. The van der Waals surface area contributed by atoms with Crippen LogP contribution < -0.4 is 10.9 Å². The Morgan fingerprint density at radius 3 is 2.61 bits per heavy atom. The maximum Gasteiger partial charge on any atom is 0.269 e. The highest BCUT2D eigenvalue weighted by atomic mass is 32.2. The molecule has 0 spiro atoms. The lowest BCUT2D eigenvalue weighted by molar-refractivity contribution is -0.113. The van der Waals surface area contributed by atoms with Crippen molar-refractivity contribution < 1.29 is 22.4 Å². The summed E-state index contributed by atoms with van der Waals surface area (Å²) in [5.74, 6) is -4.98. The topological polar surface area (TPSA) is 92.7 Å². The van der Waals surface area contributed by atoms with Gasteiger partial charge in [-0.25, -0.2) is 22.5 Å². The van der Waals surface area contributed by atoms with Gasteiger partial charge in [-0.15, -0.1) is 0 Å². The highest BCUT2D eigenvalue weighted by Crippen LogP contribution is 2.22. The first-order valence-corrected chi connectivity index (χ1v) is 9.61. The second kappa shape index (κ2) is 8.22. The van der Waals surface area contributed by atoms with Crippen LogP contribution in [0.3, 0.4) is 0 Å². The largest absolute Gasteiger partial charge is 0.323 e. The Hall–Kier alpha value is -3.67. The lowest BCUT2D eigenvalue weighted by Gasteiger charge is -2.12. The molecule has 0 atom stereocenters. The van der Waals surface area contributed by atoms with Crippen LogP contribution in [-0.2, 0) is 4.79 Å². The molecule has 0 radical (unpaired) electrons. The van der Waals surface area contributed by atoms with Gasteiger partial charge in [0.1, 0.15) is 17.0 Å². The van der Waals surface area contributed by atoms with Crippen LogP contribution >= 0.6 is 11.8 Å². The Kier molecular flexibility index (Phi) is 5.46. The number of nitrogens with zero attached hydrogens (tertiary/aromatic N) is 3. The normalized spacial score (nSPS) is 11.1. The molecule has 0 aliphatic rings. The Labute approximate surface area is 175 Å². The van der Waals surface area contributed by atoms with Crippen molar-refractivity contribution in [1.29, 1.82) is 0 Å². The first-order valence-electron chi connectivity index (χ1n) is 8.63. The minimum absolute atomic E-state index is 0.00742. The van der Waals surface area contributed by atoms with Crippen molar-refractivity contribution in [3.05, 3.63) is 76.2 Å². The van der Waals surface area contributed by atoms with Gasteiger partial charge in [0.25, 0.3) is 5.56 Å².